The molecule has 5 aliphatic heterocycles. The Hall–Kier alpha value is -1.40. The highest BCUT2D eigenvalue weighted by atomic mass is 28.4. The number of nitrogens with one attached hydrogen (secondary N) is 2. The van der Waals surface area contributed by atoms with Crippen LogP contribution in [0.5, 0.6) is 0 Å². The summed E-state index contributed by atoms with van der Waals surface area (Å²) in [4.78, 5) is 27.0. The summed E-state index contributed by atoms with van der Waals surface area (Å²) in [6.07, 6.45) is 10.6. The molecule has 3 spiro atoms. The minimum Gasteiger partial charge on any atom is -0.412 e. The van der Waals surface area contributed by atoms with E-state index >= 15 is 0 Å². The van der Waals surface area contributed by atoms with Crippen molar-refractivity contribution in [2.24, 2.45) is 11.3 Å². The molecular formula is C22H32N2O3Si. The summed E-state index contributed by atoms with van der Waals surface area (Å²) < 4.78 is 6.89. The van der Waals surface area contributed by atoms with Crippen molar-refractivity contribution in [3.8, 4) is 0 Å². The average Bonchev–Trinajstić information content (AvgIpc) is 3.08. The van der Waals surface area contributed by atoms with Crippen molar-refractivity contribution in [1.82, 2.24) is 10.6 Å². The van der Waals surface area contributed by atoms with Crippen molar-refractivity contribution < 1.29 is 14.0 Å². The Bertz CT molecular complexity index is 841. The van der Waals surface area contributed by atoms with Crippen LogP contribution in [0.3, 0.4) is 0 Å². The average molecular weight is 401 g/mol. The van der Waals surface area contributed by atoms with Crippen LogP contribution in [0.1, 0.15) is 52.9 Å². The summed E-state index contributed by atoms with van der Waals surface area (Å²) in [7, 11) is -2.08. The van der Waals surface area contributed by atoms with Crippen LogP contribution >= 0.6 is 0 Å². The fourth-order valence-electron chi connectivity index (χ4n) is 6.16. The van der Waals surface area contributed by atoms with E-state index in [2.05, 4.69) is 62.7 Å². The Morgan fingerprint density at radius 3 is 2.61 bits per heavy atom. The van der Waals surface area contributed by atoms with Gasteiger partial charge in [-0.15, -0.1) is 0 Å². The van der Waals surface area contributed by atoms with Gasteiger partial charge in [-0.1, -0.05) is 39.0 Å². The van der Waals surface area contributed by atoms with E-state index in [-0.39, 0.29) is 28.9 Å². The van der Waals surface area contributed by atoms with Gasteiger partial charge in [-0.05, 0) is 55.8 Å². The van der Waals surface area contributed by atoms with E-state index in [0.717, 1.165) is 32.1 Å². The van der Waals surface area contributed by atoms with E-state index < -0.39 is 24.8 Å². The van der Waals surface area contributed by atoms with Gasteiger partial charge in [0.25, 0.3) is 0 Å². The van der Waals surface area contributed by atoms with Crippen LogP contribution in [0.15, 0.2) is 23.8 Å². The van der Waals surface area contributed by atoms with Crippen LogP contribution in [-0.4, -0.2) is 37.3 Å². The second kappa shape index (κ2) is 5.20. The molecule has 2 saturated carbocycles. The molecular weight excluding hydrogens is 368 g/mol. The van der Waals surface area contributed by atoms with Crippen LogP contribution in [0.2, 0.25) is 18.1 Å². The maximum absolute atomic E-state index is 13.8. The molecule has 3 fully saturated rings. The highest BCUT2D eigenvalue weighted by Gasteiger charge is 2.72. The number of carbonyl (C=O) groups excluding carboxylic acids is 2. The third-order valence-corrected chi connectivity index (χ3v) is 13.2. The Morgan fingerprint density at radius 2 is 1.93 bits per heavy atom. The zero-order valence-electron chi connectivity index (χ0n) is 17.6. The molecule has 6 heteroatoms. The van der Waals surface area contributed by atoms with Gasteiger partial charge in [0.05, 0.1) is 23.1 Å². The van der Waals surface area contributed by atoms with Crippen LogP contribution in [0.25, 0.3) is 0 Å². The minimum absolute atomic E-state index is 0.0497. The SMILES string of the molecule is CC(C)(C)[Si](C)(C)O[C@@H]1CC[C@@]23C=C[C@@H](C(=O)N2)[C@]24CCCC2=C[C@]13C(=O)N4. The van der Waals surface area contributed by atoms with E-state index in [1.54, 1.807) is 0 Å². The first kappa shape index (κ1) is 18.6. The molecule has 3 aliphatic carbocycles. The Balaban J connectivity index is 1.70. The van der Waals surface area contributed by atoms with Gasteiger partial charge in [-0.3, -0.25) is 9.59 Å². The third kappa shape index (κ3) is 1.96. The number of rotatable bonds is 2. The smallest absolute Gasteiger partial charge is 0.236 e. The molecule has 2 amide bonds. The van der Waals surface area contributed by atoms with Crippen molar-refractivity contribution in [3.63, 3.8) is 0 Å². The number of amides is 2. The van der Waals surface area contributed by atoms with Gasteiger partial charge in [-0.25, -0.2) is 0 Å². The lowest BCUT2D eigenvalue weighted by Gasteiger charge is -2.57. The molecule has 0 aromatic rings. The first-order valence-corrected chi connectivity index (χ1v) is 13.6. The topological polar surface area (TPSA) is 67.4 Å². The summed E-state index contributed by atoms with van der Waals surface area (Å²) in [5, 5.41) is 6.76. The summed E-state index contributed by atoms with van der Waals surface area (Å²) in [5.74, 6) is -0.185. The van der Waals surface area contributed by atoms with Crippen molar-refractivity contribution in [3.05, 3.63) is 23.8 Å². The lowest BCUT2D eigenvalue weighted by Crippen LogP contribution is -2.76. The van der Waals surface area contributed by atoms with E-state index in [0.29, 0.717) is 0 Å². The van der Waals surface area contributed by atoms with Gasteiger partial charge in [0, 0.05) is 0 Å². The second-order valence-corrected chi connectivity index (χ2v) is 15.8. The normalized spacial score (nSPS) is 43.8. The number of hydrogen-bond donors (Lipinski definition) is 2. The summed E-state index contributed by atoms with van der Waals surface area (Å²) in [6.45, 7) is 11.2. The van der Waals surface area contributed by atoms with Gasteiger partial charge in [0.2, 0.25) is 11.8 Å². The Labute approximate surface area is 168 Å². The number of hydrogen-bond acceptors (Lipinski definition) is 3. The highest BCUT2D eigenvalue weighted by Crippen LogP contribution is 2.61. The third-order valence-electron chi connectivity index (χ3n) is 8.73. The molecule has 8 aliphatic rings. The zero-order valence-corrected chi connectivity index (χ0v) is 18.6. The van der Waals surface area contributed by atoms with E-state index in [1.807, 2.05) is 0 Å². The van der Waals surface area contributed by atoms with Crippen molar-refractivity contribution in [2.75, 3.05) is 0 Å². The molecule has 5 heterocycles. The van der Waals surface area contributed by atoms with Crippen molar-refractivity contribution >= 4 is 20.1 Å². The minimum atomic E-state index is -2.08. The maximum atomic E-state index is 13.8. The Morgan fingerprint density at radius 1 is 1.18 bits per heavy atom. The fraction of sp³-hybridized carbons (Fsp3) is 0.727. The molecule has 0 unspecified atom stereocenters. The van der Waals surface area contributed by atoms with Crippen LogP contribution in [0.4, 0.5) is 0 Å². The van der Waals surface area contributed by atoms with Crippen molar-refractivity contribution in [2.45, 2.75) is 88.2 Å². The molecule has 5 nitrogen and oxygen atoms in total. The van der Waals surface area contributed by atoms with E-state index in [1.165, 1.54) is 5.57 Å². The highest BCUT2D eigenvalue weighted by molar-refractivity contribution is 6.74. The van der Waals surface area contributed by atoms with E-state index in [4.69, 9.17) is 4.43 Å². The monoisotopic (exact) mass is 400 g/mol. The maximum Gasteiger partial charge on any atom is 0.236 e. The molecule has 5 atom stereocenters. The Kier molecular flexibility index (Phi) is 3.45. The zero-order chi connectivity index (χ0) is 20.2. The molecule has 0 aromatic heterocycles. The lowest BCUT2D eigenvalue weighted by molar-refractivity contribution is -0.146. The van der Waals surface area contributed by atoms with Crippen molar-refractivity contribution in [1.29, 1.82) is 0 Å². The number of carbonyl (C=O) groups is 2. The van der Waals surface area contributed by atoms with Crippen LogP contribution in [-0.2, 0) is 14.0 Å². The van der Waals surface area contributed by atoms with Gasteiger partial charge in [0.15, 0.2) is 8.32 Å². The van der Waals surface area contributed by atoms with Gasteiger partial charge < -0.3 is 15.1 Å². The summed E-state index contributed by atoms with van der Waals surface area (Å²) >= 11 is 0. The molecule has 2 N–H and O–H groups in total. The predicted molar refractivity (Wildman–Crippen MR) is 110 cm³/mol. The first-order valence-electron chi connectivity index (χ1n) is 10.7. The lowest BCUT2D eigenvalue weighted by atomic mass is 9.58. The van der Waals surface area contributed by atoms with Gasteiger partial charge in [-0.2, -0.15) is 0 Å². The fourth-order valence-corrected chi connectivity index (χ4v) is 7.53. The van der Waals surface area contributed by atoms with Gasteiger partial charge >= 0.3 is 0 Å². The predicted octanol–water partition coefficient (Wildman–Crippen LogP) is 3.19. The second-order valence-electron chi connectivity index (χ2n) is 11.0. The molecule has 8 rings (SSSR count). The molecule has 4 bridgehead atoms. The van der Waals surface area contributed by atoms with Gasteiger partial charge in [0.1, 0.15) is 5.41 Å². The molecule has 1 saturated heterocycles. The summed E-state index contributed by atoms with van der Waals surface area (Å²) in [6, 6.07) is 0. The first-order chi connectivity index (χ1) is 13.0. The molecule has 0 radical (unpaired) electrons. The van der Waals surface area contributed by atoms with E-state index in [9.17, 15) is 9.59 Å². The standard InChI is InChI=1S/C22H32N2O3Si/c1-19(2,3)28(4,5)27-16-9-12-20-11-8-15(17(25)23-20)22-10-6-7-14(22)13-21(16,20)18(26)24-22/h8,11,13,15-16H,6-7,9-10,12H2,1-5H3,(H,23,25)(H,24,26)/t15-,16+,20+,21+,22-/m0/s1. The molecule has 152 valence electrons. The largest absolute Gasteiger partial charge is 0.412 e. The summed E-state index contributed by atoms with van der Waals surface area (Å²) in [5.41, 5.74) is -0.783. The quantitative estimate of drug-likeness (QED) is 0.553. The molecule has 28 heavy (non-hydrogen) atoms. The van der Waals surface area contributed by atoms with Crippen LogP contribution < -0.4 is 10.6 Å². The van der Waals surface area contributed by atoms with Crippen LogP contribution in [0, 0.1) is 11.3 Å². The molecule has 0 aromatic carbocycles.